The van der Waals surface area contributed by atoms with Crippen molar-refractivity contribution in [3.63, 3.8) is 0 Å². The van der Waals surface area contributed by atoms with Crippen molar-refractivity contribution in [1.29, 1.82) is 0 Å². The molecule has 0 spiro atoms. The van der Waals surface area contributed by atoms with E-state index in [0.717, 1.165) is 6.54 Å². The standard InChI is InChI=1S/C16H28N2O2/c1-12(2)18(16(3,4)5)9-10-20-15-11-13(17)7-8-14(15)19-6/h7-8,11-12H,9-10,17H2,1-6H3. The van der Waals surface area contributed by atoms with E-state index in [2.05, 4.69) is 39.5 Å². The Labute approximate surface area is 122 Å². The second-order valence-electron chi connectivity index (χ2n) is 6.22. The van der Waals surface area contributed by atoms with Gasteiger partial charge in [0.15, 0.2) is 11.5 Å². The summed E-state index contributed by atoms with van der Waals surface area (Å²) in [6.45, 7) is 12.5. The number of nitrogens with two attached hydrogens (primary N) is 1. The summed E-state index contributed by atoms with van der Waals surface area (Å²) in [4.78, 5) is 2.41. The van der Waals surface area contributed by atoms with E-state index in [0.29, 0.717) is 29.8 Å². The Hall–Kier alpha value is -1.42. The predicted molar refractivity (Wildman–Crippen MR) is 84.5 cm³/mol. The fourth-order valence-corrected chi connectivity index (χ4v) is 2.43. The lowest BCUT2D eigenvalue weighted by atomic mass is 10.0. The van der Waals surface area contributed by atoms with E-state index in [1.807, 2.05) is 6.07 Å². The van der Waals surface area contributed by atoms with E-state index >= 15 is 0 Å². The lowest BCUT2D eigenvalue weighted by molar-refractivity contribution is 0.0794. The first-order valence-electron chi connectivity index (χ1n) is 7.08. The average Bonchev–Trinajstić information content (AvgIpc) is 2.32. The zero-order valence-electron chi connectivity index (χ0n) is 13.6. The van der Waals surface area contributed by atoms with E-state index < -0.39 is 0 Å². The molecular formula is C16H28N2O2. The van der Waals surface area contributed by atoms with Gasteiger partial charge in [0, 0.05) is 29.9 Å². The van der Waals surface area contributed by atoms with Gasteiger partial charge in [-0.1, -0.05) is 0 Å². The Balaban J connectivity index is 2.66. The Kier molecular flexibility index (Phi) is 5.69. The summed E-state index contributed by atoms with van der Waals surface area (Å²) in [6, 6.07) is 5.91. The molecule has 1 aromatic rings. The van der Waals surface area contributed by atoms with Crippen LogP contribution < -0.4 is 15.2 Å². The number of benzene rings is 1. The van der Waals surface area contributed by atoms with E-state index in [-0.39, 0.29) is 5.54 Å². The fourth-order valence-electron chi connectivity index (χ4n) is 2.43. The Morgan fingerprint density at radius 3 is 2.35 bits per heavy atom. The Morgan fingerprint density at radius 2 is 1.85 bits per heavy atom. The summed E-state index contributed by atoms with van der Waals surface area (Å²) in [7, 11) is 1.63. The normalized spacial score (nSPS) is 12.0. The van der Waals surface area contributed by atoms with Crippen LogP contribution in [0.15, 0.2) is 18.2 Å². The lowest BCUT2D eigenvalue weighted by Gasteiger charge is -2.38. The smallest absolute Gasteiger partial charge is 0.163 e. The van der Waals surface area contributed by atoms with E-state index in [1.165, 1.54) is 0 Å². The molecule has 4 nitrogen and oxygen atoms in total. The first-order valence-corrected chi connectivity index (χ1v) is 7.08. The number of nitrogen functional groups attached to an aromatic ring is 1. The molecule has 0 aliphatic carbocycles. The highest BCUT2D eigenvalue weighted by Crippen LogP contribution is 2.29. The van der Waals surface area contributed by atoms with Crippen LogP contribution in [-0.2, 0) is 0 Å². The first kappa shape index (κ1) is 16.6. The monoisotopic (exact) mass is 280 g/mol. The molecule has 0 radical (unpaired) electrons. The average molecular weight is 280 g/mol. The van der Waals surface area contributed by atoms with Crippen LogP contribution in [0, 0.1) is 0 Å². The van der Waals surface area contributed by atoms with E-state index in [9.17, 15) is 0 Å². The molecule has 114 valence electrons. The minimum absolute atomic E-state index is 0.122. The zero-order chi connectivity index (χ0) is 15.3. The molecule has 1 rings (SSSR count). The molecule has 0 aromatic heterocycles. The third kappa shape index (κ3) is 4.60. The molecule has 0 bridgehead atoms. The van der Waals surface area contributed by atoms with Gasteiger partial charge in [-0.2, -0.15) is 0 Å². The van der Waals surface area contributed by atoms with Gasteiger partial charge in [0.2, 0.25) is 0 Å². The van der Waals surface area contributed by atoms with Crippen molar-refractivity contribution in [1.82, 2.24) is 4.90 Å². The van der Waals surface area contributed by atoms with Crippen LogP contribution in [0.25, 0.3) is 0 Å². The molecule has 0 saturated carbocycles. The maximum atomic E-state index is 5.84. The van der Waals surface area contributed by atoms with Crippen molar-refractivity contribution in [2.45, 2.75) is 46.2 Å². The van der Waals surface area contributed by atoms with Crippen LogP contribution >= 0.6 is 0 Å². The van der Waals surface area contributed by atoms with Crippen LogP contribution in [0.3, 0.4) is 0 Å². The molecular weight excluding hydrogens is 252 g/mol. The third-order valence-electron chi connectivity index (χ3n) is 3.26. The van der Waals surface area contributed by atoms with Crippen molar-refractivity contribution in [2.24, 2.45) is 0 Å². The number of methoxy groups -OCH3 is 1. The summed E-state index contributed by atoms with van der Waals surface area (Å²) in [6.07, 6.45) is 0. The molecule has 0 saturated heterocycles. The van der Waals surface area contributed by atoms with E-state index in [1.54, 1.807) is 19.2 Å². The van der Waals surface area contributed by atoms with Gasteiger partial charge >= 0.3 is 0 Å². The minimum atomic E-state index is 0.122. The highest BCUT2D eigenvalue weighted by atomic mass is 16.5. The highest BCUT2D eigenvalue weighted by Gasteiger charge is 2.23. The molecule has 1 aromatic carbocycles. The SMILES string of the molecule is COc1ccc(N)cc1OCCN(C(C)C)C(C)(C)C. The molecule has 20 heavy (non-hydrogen) atoms. The van der Waals surface area contributed by atoms with Gasteiger partial charge in [-0.15, -0.1) is 0 Å². The quantitative estimate of drug-likeness (QED) is 0.813. The topological polar surface area (TPSA) is 47.7 Å². The van der Waals surface area contributed by atoms with Crippen LogP contribution in [0.4, 0.5) is 5.69 Å². The van der Waals surface area contributed by atoms with Gasteiger partial charge in [0.1, 0.15) is 6.61 Å². The molecule has 0 aliphatic rings. The van der Waals surface area contributed by atoms with Crippen molar-refractivity contribution in [3.05, 3.63) is 18.2 Å². The molecule has 4 heteroatoms. The number of rotatable bonds is 6. The highest BCUT2D eigenvalue weighted by molar-refractivity contribution is 5.51. The predicted octanol–water partition coefficient (Wildman–Crippen LogP) is 3.17. The molecule has 0 aliphatic heterocycles. The summed E-state index contributed by atoms with van der Waals surface area (Å²) in [5.41, 5.74) is 6.59. The van der Waals surface area contributed by atoms with Gasteiger partial charge in [-0.3, -0.25) is 4.90 Å². The molecule has 0 unspecified atom stereocenters. The fraction of sp³-hybridized carbons (Fsp3) is 0.625. The first-order chi connectivity index (χ1) is 9.25. The Morgan fingerprint density at radius 1 is 1.20 bits per heavy atom. The maximum absolute atomic E-state index is 5.84. The van der Waals surface area contributed by atoms with Crippen molar-refractivity contribution < 1.29 is 9.47 Å². The largest absolute Gasteiger partial charge is 0.493 e. The van der Waals surface area contributed by atoms with Gasteiger partial charge in [-0.05, 0) is 46.8 Å². The number of anilines is 1. The third-order valence-corrected chi connectivity index (χ3v) is 3.26. The maximum Gasteiger partial charge on any atom is 0.163 e. The summed E-state index contributed by atoms with van der Waals surface area (Å²) < 4.78 is 11.1. The van der Waals surface area contributed by atoms with Crippen LogP contribution in [0.5, 0.6) is 11.5 Å². The second-order valence-corrected chi connectivity index (χ2v) is 6.22. The lowest BCUT2D eigenvalue weighted by Crippen LogP contribution is -2.47. The molecule has 0 fully saturated rings. The van der Waals surface area contributed by atoms with Gasteiger partial charge < -0.3 is 15.2 Å². The Bertz CT molecular complexity index is 425. The number of hydrogen-bond acceptors (Lipinski definition) is 4. The van der Waals surface area contributed by atoms with Crippen LogP contribution in [0.2, 0.25) is 0 Å². The summed E-state index contributed by atoms with van der Waals surface area (Å²) in [5, 5.41) is 0. The van der Waals surface area contributed by atoms with Crippen molar-refractivity contribution in [2.75, 3.05) is 26.0 Å². The van der Waals surface area contributed by atoms with Crippen molar-refractivity contribution in [3.8, 4) is 11.5 Å². The van der Waals surface area contributed by atoms with E-state index in [4.69, 9.17) is 15.2 Å². The van der Waals surface area contributed by atoms with Gasteiger partial charge in [0.25, 0.3) is 0 Å². The summed E-state index contributed by atoms with van der Waals surface area (Å²) in [5.74, 6) is 1.41. The number of ether oxygens (including phenoxy) is 2. The molecule has 0 heterocycles. The summed E-state index contributed by atoms with van der Waals surface area (Å²) >= 11 is 0. The molecule has 0 atom stereocenters. The van der Waals surface area contributed by atoms with Gasteiger partial charge in [0.05, 0.1) is 7.11 Å². The minimum Gasteiger partial charge on any atom is -0.493 e. The second kappa shape index (κ2) is 6.84. The molecule has 0 amide bonds. The number of hydrogen-bond donors (Lipinski definition) is 1. The van der Waals surface area contributed by atoms with Crippen LogP contribution in [0.1, 0.15) is 34.6 Å². The van der Waals surface area contributed by atoms with Crippen molar-refractivity contribution >= 4 is 5.69 Å². The zero-order valence-corrected chi connectivity index (χ0v) is 13.6. The molecule has 2 N–H and O–H groups in total. The number of nitrogens with zero attached hydrogens (tertiary/aromatic N) is 1. The van der Waals surface area contributed by atoms with Gasteiger partial charge in [-0.25, -0.2) is 0 Å². The van der Waals surface area contributed by atoms with Crippen LogP contribution in [-0.4, -0.2) is 36.7 Å².